The van der Waals surface area contributed by atoms with Crippen molar-refractivity contribution in [2.75, 3.05) is 66.9 Å². The number of H-pyrrole nitrogens is 1. The molecule has 5 aliphatic heterocycles. The smallest absolute Gasteiger partial charge is 0.301 e. The number of aromatic nitrogens is 2. The van der Waals surface area contributed by atoms with E-state index in [1.165, 1.54) is 6.20 Å². The molecule has 5 aromatic rings. The lowest BCUT2D eigenvalue weighted by molar-refractivity contribution is -0.136. The fourth-order valence-electron chi connectivity index (χ4n) is 10.4. The number of rotatable bonds is 11. The Morgan fingerprint density at radius 3 is 2.37 bits per heavy atom. The normalized spacial score (nSPS) is 22.2. The van der Waals surface area contributed by atoms with E-state index in [4.69, 9.17) is 0 Å². The predicted octanol–water partition coefficient (Wildman–Crippen LogP) is 5.63. The molecule has 3 atom stereocenters. The molecular weight excluding hydrogens is 888 g/mol. The highest BCUT2D eigenvalue weighted by molar-refractivity contribution is 7.90. The summed E-state index contributed by atoms with van der Waals surface area (Å²) in [6.07, 6.45) is 4.29. The van der Waals surface area contributed by atoms with Crippen LogP contribution in [-0.2, 0) is 26.3 Å². The van der Waals surface area contributed by atoms with Crippen LogP contribution in [0, 0.1) is 17.6 Å². The van der Waals surface area contributed by atoms with Crippen molar-refractivity contribution < 1.29 is 40.8 Å². The van der Waals surface area contributed by atoms with Gasteiger partial charge in [0, 0.05) is 117 Å². The molecule has 3 aromatic carbocycles. The lowest BCUT2D eigenvalue weighted by atomic mass is 9.95. The average Bonchev–Trinajstić information content (AvgIpc) is 4.04. The van der Waals surface area contributed by atoms with Gasteiger partial charge in [-0.25, -0.2) is 18.2 Å². The lowest BCUT2D eigenvalue weighted by Crippen LogP contribution is -2.53. The zero-order valence-corrected chi connectivity index (χ0v) is 37.6. The first kappa shape index (κ1) is 44.5. The number of piperazine rings is 1. The summed E-state index contributed by atoms with van der Waals surface area (Å²) in [4.78, 5) is 67.5. The highest BCUT2D eigenvalue weighted by atomic mass is 32.2. The van der Waals surface area contributed by atoms with Crippen molar-refractivity contribution in [3.05, 3.63) is 107 Å². The third kappa shape index (κ3) is 8.63. The molecule has 10 rings (SSSR count). The molecule has 19 heteroatoms. The predicted molar refractivity (Wildman–Crippen MR) is 246 cm³/mol. The van der Waals surface area contributed by atoms with E-state index in [1.807, 2.05) is 29.0 Å². The second kappa shape index (κ2) is 17.7. The molecule has 2 aromatic heterocycles. The Morgan fingerprint density at radius 1 is 0.866 bits per heavy atom. The number of ketones is 1. The molecule has 0 radical (unpaired) electrons. The van der Waals surface area contributed by atoms with Crippen molar-refractivity contribution in [3.63, 3.8) is 0 Å². The number of piperidine rings is 2. The number of nitrogens with zero attached hydrogens (tertiary/aromatic N) is 6. The van der Waals surface area contributed by atoms with Crippen molar-refractivity contribution >= 4 is 61.8 Å². The number of halogens is 3. The molecule has 15 nitrogen and oxygen atoms in total. The zero-order chi connectivity index (χ0) is 46.7. The highest BCUT2D eigenvalue weighted by Crippen LogP contribution is 2.35. The largest absolute Gasteiger partial charge is 0.372 e. The highest BCUT2D eigenvalue weighted by Gasteiger charge is 2.40. The van der Waals surface area contributed by atoms with Gasteiger partial charge in [0.1, 0.15) is 23.7 Å². The van der Waals surface area contributed by atoms with Gasteiger partial charge in [-0.05, 0) is 98.2 Å². The second-order valence-electron chi connectivity index (χ2n) is 18.3. The first-order chi connectivity index (χ1) is 32.2. The van der Waals surface area contributed by atoms with Gasteiger partial charge in [-0.1, -0.05) is 12.1 Å². The number of nitrogens with one attached hydrogen (secondary N) is 3. The van der Waals surface area contributed by atoms with Gasteiger partial charge in [-0.15, -0.1) is 0 Å². The molecule has 7 heterocycles. The molecule has 3 N–H and O–H groups in total. The third-order valence-electron chi connectivity index (χ3n) is 14.0. The maximum Gasteiger partial charge on any atom is 0.301 e. The van der Waals surface area contributed by atoms with Gasteiger partial charge in [0.2, 0.25) is 17.6 Å². The number of aromatic amines is 1. The van der Waals surface area contributed by atoms with Crippen LogP contribution in [-0.4, -0.2) is 127 Å². The molecule has 3 amide bonds. The van der Waals surface area contributed by atoms with Crippen molar-refractivity contribution in [2.45, 2.75) is 63.8 Å². The fourth-order valence-corrected chi connectivity index (χ4v) is 11.6. The summed E-state index contributed by atoms with van der Waals surface area (Å²) < 4.78 is 73.2. The van der Waals surface area contributed by atoms with Gasteiger partial charge < -0.3 is 19.7 Å². The van der Waals surface area contributed by atoms with E-state index in [2.05, 4.69) is 55.1 Å². The monoisotopic (exact) mass is 937 g/mol. The van der Waals surface area contributed by atoms with E-state index < -0.39 is 57.0 Å². The number of hydrogen-bond donors (Lipinski definition) is 3. The summed E-state index contributed by atoms with van der Waals surface area (Å²) in [6, 6.07) is 17.1. The summed E-state index contributed by atoms with van der Waals surface area (Å²) >= 11 is 0. The first-order valence-corrected chi connectivity index (χ1v) is 24.2. The second-order valence-corrected chi connectivity index (χ2v) is 20.0. The van der Waals surface area contributed by atoms with Crippen molar-refractivity contribution in [1.82, 2.24) is 29.4 Å². The van der Waals surface area contributed by atoms with Gasteiger partial charge >= 0.3 is 10.2 Å². The third-order valence-corrected chi connectivity index (χ3v) is 15.5. The van der Waals surface area contributed by atoms with E-state index >= 15 is 8.78 Å². The van der Waals surface area contributed by atoms with Crippen LogP contribution in [0.5, 0.6) is 0 Å². The van der Waals surface area contributed by atoms with E-state index in [9.17, 15) is 32.0 Å². The Bertz CT molecular complexity index is 2910. The number of benzene rings is 3. The van der Waals surface area contributed by atoms with Crippen LogP contribution < -0.4 is 19.8 Å². The maximum absolute atomic E-state index is 15.8. The van der Waals surface area contributed by atoms with Crippen molar-refractivity contribution in [1.29, 1.82) is 0 Å². The number of carbonyl (C=O) groups is 4. The maximum atomic E-state index is 15.8. The van der Waals surface area contributed by atoms with E-state index in [0.717, 1.165) is 91.0 Å². The minimum atomic E-state index is -4.36. The topological polar surface area (TPSA) is 171 Å². The summed E-state index contributed by atoms with van der Waals surface area (Å²) in [5.74, 6) is -3.87. The van der Waals surface area contributed by atoms with Crippen LogP contribution in [0.2, 0.25) is 0 Å². The Labute approximate surface area is 385 Å². The number of alkyl halides is 1. The summed E-state index contributed by atoms with van der Waals surface area (Å²) in [6.45, 7) is 7.67. The number of fused-ring (bicyclic) bond motifs is 2. The van der Waals surface area contributed by atoms with Gasteiger partial charge in [0.15, 0.2) is 5.82 Å². The fraction of sp³-hybridized carbons (Fsp3) is 0.396. The minimum Gasteiger partial charge on any atom is -0.372 e. The SMILES string of the molecule is C[C@@H]1CN(CC2CCN(c3ccc(-c4cnc5[nH]cc(C(=O)c6c(F)ccc(NS(=O)(=O)N7CC[C@@H](F)C7)c6F)c5c4)cc3)CC2)CCN1c1ccc2c(c1)CN(C1CCC(=O)NC1=O)C2=O. The zero-order valence-electron chi connectivity index (χ0n) is 36.8. The molecular formula is C48H50F3N9O6S. The molecule has 0 bridgehead atoms. The summed E-state index contributed by atoms with van der Waals surface area (Å²) in [7, 11) is -4.36. The van der Waals surface area contributed by atoms with Crippen LogP contribution in [0.4, 0.5) is 30.2 Å². The molecule has 0 spiro atoms. The summed E-state index contributed by atoms with van der Waals surface area (Å²) in [5, 5.41) is 2.70. The standard InChI is InChI=1S/C48H50F3N9O6S/c1-28-24-56(18-19-59(28)35-6-7-36-32(20-35)26-60(48(36)64)41-10-11-42(61)54-47(41)63)25-29-12-15-57(16-13-29)34-4-2-30(3-5-34)31-21-37-38(23-53-46(37)52-22-31)45(62)43-39(50)8-9-40(44(43)51)55-67(65,66)58-17-14-33(49)27-58/h2-9,20-23,28-29,33,41,55H,10-19,24-27H2,1H3,(H,52,53)(H,54,61,63)/t28-,33-,41?/m1/s1. The number of amides is 3. The Kier molecular flexibility index (Phi) is 11.8. The Hall–Kier alpha value is -6.31. The van der Waals surface area contributed by atoms with Crippen LogP contribution in [0.1, 0.15) is 70.9 Å². The van der Waals surface area contributed by atoms with E-state index in [0.29, 0.717) is 41.0 Å². The minimum absolute atomic E-state index is 0.00321. The van der Waals surface area contributed by atoms with Gasteiger partial charge in [-0.2, -0.15) is 12.7 Å². The molecule has 5 aliphatic rings. The van der Waals surface area contributed by atoms with E-state index in [-0.39, 0.29) is 49.4 Å². The molecule has 0 saturated carbocycles. The quantitative estimate of drug-likeness (QED) is 0.112. The number of pyridine rings is 1. The molecule has 1 unspecified atom stereocenters. The molecule has 4 saturated heterocycles. The number of anilines is 3. The average molecular weight is 938 g/mol. The van der Waals surface area contributed by atoms with Crippen molar-refractivity contribution in [3.8, 4) is 11.1 Å². The van der Waals surface area contributed by atoms with Gasteiger partial charge in [0.25, 0.3) is 5.91 Å². The number of carbonyl (C=O) groups excluding carboxylic acids is 4. The first-order valence-electron chi connectivity index (χ1n) is 22.7. The molecule has 350 valence electrons. The van der Waals surface area contributed by atoms with Crippen LogP contribution in [0.25, 0.3) is 22.2 Å². The summed E-state index contributed by atoms with van der Waals surface area (Å²) in [5.41, 5.74) is 3.91. The van der Waals surface area contributed by atoms with Crippen molar-refractivity contribution in [2.24, 2.45) is 5.92 Å². The number of imide groups is 1. The van der Waals surface area contributed by atoms with E-state index in [1.54, 1.807) is 17.2 Å². The van der Waals surface area contributed by atoms with Crippen LogP contribution >= 0.6 is 0 Å². The van der Waals surface area contributed by atoms with Crippen LogP contribution in [0.3, 0.4) is 0 Å². The van der Waals surface area contributed by atoms with Crippen LogP contribution in [0.15, 0.2) is 73.1 Å². The number of hydrogen-bond acceptors (Lipinski definition) is 10. The lowest BCUT2D eigenvalue weighted by Gasteiger charge is -2.43. The molecule has 4 fully saturated rings. The molecule has 0 aliphatic carbocycles. The Morgan fingerprint density at radius 2 is 1.64 bits per heavy atom. The van der Waals surface area contributed by atoms with Gasteiger partial charge in [0.05, 0.1) is 11.3 Å². The Balaban J connectivity index is 0.738. The van der Waals surface area contributed by atoms with Gasteiger partial charge in [-0.3, -0.25) is 34.1 Å². The molecule has 67 heavy (non-hydrogen) atoms.